The van der Waals surface area contributed by atoms with Crippen molar-refractivity contribution in [2.75, 3.05) is 6.54 Å². The second-order valence-corrected chi connectivity index (χ2v) is 8.01. The van der Waals surface area contributed by atoms with Crippen molar-refractivity contribution in [3.63, 3.8) is 0 Å². The molecule has 1 amide bonds. The van der Waals surface area contributed by atoms with Gasteiger partial charge < -0.3 is 19.4 Å². The van der Waals surface area contributed by atoms with Gasteiger partial charge in [0.1, 0.15) is 6.61 Å². The summed E-state index contributed by atoms with van der Waals surface area (Å²) in [5.41, 5.74) is 1.67. The molecule has 6 nitrogen and oxygen atoms in total. The Balaban J connectivity index is 1.68. The molecule has 1 aromatic heterocycles. The Labute approximate surface area is 172 Å². The Morgan fingerprint density at radius 1 is 1.10 bits per heavy atom. The van der Waals surface area contributed by atoms with Crippen LogP contribution in [0.1, 0.15) is 38.8 Å². The summed E-state index contributed by atoms with van der Waals surface area (Å²) in [6, 6.07) is 13.3. The molecule has 0 bridgehead atoms. The molecule has 1 N–H and O–H groups in total. The summed E-state index contributed by atoms with van der Waals surface area (Å²) in [6.45, 7) is 8.43. The van der Waals surface area contributed by atoms with E-state index in [4.69, 9.17) is 14.0 Å². The van der Waals surface area contributed by atoms with Gasteiger partial charge in [-0.1, -0.05) is 42.5 Å². The van der Waals surface area contributed by atoms with Gasteiger partial charge in [0.15, 0.2) is 0 Å². The van der Waals surface area contributed by atoms with Crippen molar-refractivity contribution in [3.05, 3.63) is 71.5 Å². The maximum Gasteiger partial charge on any atom is 0.492 e. The quantitative estimate of drug-likeness (QED) is 0.750. The first-order valence-electron chi connectivity index (χ1n) is 9.67. The lowest BCUT2D eigenvalue weighted by Crippen LogP contribution is -2.41. The van der Waals surface area contributed by atoms with E-state index in [9.17, 15) is 4.79 Å². The smallest absolute Gasteiger partial charge is 0.445 e. The molecule has 152 valence electrons. The van der Waals surface area contributed by atoms with Crippen molar-refractivity contribution in [1.82, 2.24) is 10.3 Å². The molecule has 3 rings (SSSR count). The van der Waals surface area contributed by atoms with E-state index in [1.807, 2.05) is 76.2 Å². The first-order valence-corrected chi connectivity index (χ1v) is 9.67. The number of carbonyl (C=O) groups is 1. The third-order valence-electron chi connectivity index (χ3n) is 5.24. The van der Waals surface area contributed by atoms with Crippen LogP contribution in [0.5, 0.6) is 0 Å². The van der Waals surface area contributed by atoms with Gasteiger partial charge >= 0.3 is 13.2 Å². The van der Waals surface area contributed by atoms with E-state index < -0.39 is 24.4 Å². The van der Waals surface area contributed by atoms with E-state index in [2.05, 4.69) is 10.3 Å². The van der Waals surface area contributed by atoms with Gasteiger partial charge in [0.05, 0.1) is 11.2 Å². The van der Waals surface area contributed by atoms with Crippen LogP contribution in [0.4, 0.5) is 4.79 Å². The summed E-state index contributed by atoms with van der Waals surface area (Å²) < 4.78 is 17.6. The van der Waals surface area contributed by atoms with Crippen molar-refractivity contribution in [2.45, 2.75) is 45.5 Å². The van der Waals surface area contributed by atoms with Gasteiger partial charge in [-0.05, 0) is 50.4 Å². The fourth-order valence-electron chi connectivity index (χ4n) is 2.82. The molecule has 1 saturated heterocycles. The number of benzene rings is 1. The average Bonchev–Trinajstić information content (AvgIpc) is 2.92. The van der Waals surface area contributed by atoms with Gasteiger partial charge in [-0.2, -0.15) is 0 Å². The zero-order valence-corrected chi connectivity index (χ0v) is 17.3. The summed E-state index contributed by atoms with van der Waals surface area (Å²) in [4.78, 5) is 16.3. The van der Waals surface area contributed by atoms with E-state index in [-0.39, 0.29) is 13.2 Å². The van der Waals surface area contributed by atoms with Gasteiger partial charge in [-0.25, -0.2) is 4.79 Å². The predicted octanol–water partition coefficient (Wildman–Crippen LogP) is 4.02. The second-order valence-electron chi connectivity index (χ2n) is 8.01. The molecule has 1 aliphatic heterocycles. The van der Waals surface area contributed by atoms with Crippen LogP contribution in [0.2, 0.25) is 0 Å². The Bertz CT molecular complexity index is 838. The van der Waals surface area contributed by atoms with Crippen LogP contribution in [-0.2, 0) is 20.7 Å². The van der Waals surface area contributed by atoms with Crippen LogP contribution < -0.4 is 5.32 Å². The Kier molecular flexibility index (Phi) is 6.40. The molecule has 0 spiro atoms. The first kappa shape index (κ1) is 21.1. The van der Waals surface area contributed by atoms with Crippen molar-refractivity contribution in [3.8, 4) is 0 Å². The molecule has 0 saturated carbocycles. The molecule has 2 heterocycles. The number of rotatable bonds is 6. The zero-order chi connectivity index (χ0) is 20.9. The monoisotopic (exact) mass is 394 g/mol. The number of amides is 1. The molecule has 29 heavy (non-hydrogen) atoms. The molecular formula is C22H27BN2O4. The lowest BCUT2D eigenvalue weighted by atomic mass is 9.77. The fraction of sp³-hybridized carbons (Fsp3) is 0.364. The Morgan fingerprint density at radius 2 is 1.79 bits per heavy atom. The molecule has 0 atom stereocenters. The highest BCUT2D eigenvalue weighted by atomic mass is 16.7. The van der Waals surface area contributed by atoms with Crippen molar-refractivity contribution in [2.24, 2.45) is 0 Å². The standard InChI is InChI=1S/C22H27BN2O4/c1-21(2)22(3,4)29-23(28-21)19(13-18-11-8-12-24-14-18)15-25-20(26)27-16-17-9-6-5-7-10-17/h5-14H,15-16H2,1-4H3,(H,25,26). The largest absolute Gasteiger partial charge is 0.492 e. The number of carbonyl (C=O) groups excluding carboxylic acids is 1. The number of aromatic nitrogens is 1. The highest BCUT2D eigenvalue weighted by Crippen LogP contribution is 2.38. The molecule has 7 heteroatoms. The first-order chi connectivity index (χ1) is 13.8. The highest BCUT2D eigenvalue weighted by molar-refractivity contribution is 6.56. The number of ether oxygens (including phenoxy) is 1. The number of nitrogens with zero attached hydrogens (tertiary/aromatic N) is 1. The van der Waals surface area contributed by atoms with E-state index in [1.165, 1.54) is 0 Å². The van der Waals surface area contributed by atoms with E-state index in [1.54, 1.807) is 12.4 Å². The highest BCUT2D eigenvalue weighted by Gasteiger charge is 2.52. The minimum Gasteiger partial charge on any atom is -0.445 e. The summed E-state index contributed by atoms with van der Waals surface area (Å²) in [6.07, 6.45) is 4.89. The molecule has 1 aliphatic rings. The molecule has 2 aromatic rings. The molecule has 0 aliphatic carbocycles. The molecular weight excluding hydrogens is 367 g/mol. The van der Waals surface area contributed by atoms with Gasteiger partial charge in [-0.3, -0.25) is 4.98 Å². The van der Waals surface area contributed by atoms with Crippen LogP contribution in [-0.4, -0.2) is 35.9 Å². The predicted molar refractivity (Wildman–Crippen MR) is 113 cm³/mol. The van der Waals surface area contributed by atoms with Crippen LogP contribution >= 0.6 is 0 Å². The van der Waals surface area contributed by atoms with Crippen LogP contribution in [0, 0.1) is 0 Å². The normalized spacial score (nSPS) is 17.8. The van der Waals surface area contributed by atoms with Crippen LogP contribution in [0.3, 0.4) is 0 Å². The van der Waals surface area contributed by atoms with Gasteiger partial charge in [0.2, 0.25) is 0 Å². The van der Waals surface area contributed by atoms with Gasteiger partial charge in [-0.15, -0.1) is 0 Å². The number of nitrogens with one attached hydrogen (secondary N) is 1. The van der Waals surface area contributed by atoms with E-state index >= 15 is 0 Å². The summed E-state index contributed by atoms with van der Waals surface area (Å²) >= 11 is 0. The minimum atomic E-state index is -0.574. The lowest BCUT2D eigenvalue weighted by Gasteiger charge is -2.32. The number of alkyl carbamates (subject to hydrolysis) is 1. The summed E-state index contributed by atoms with van der Waals surface area (Å²) in [5, 5.41) is 2.79. The third kappa shape index (κ3) is 5.46. The van der Waals surface area contributed by atoms with Crippen LogP contribution in [0.15, 0.2) is 60.3 Å². The summed E-state index contributed by atoms with van der Waals surface area (Å²) in [5.74, 6) is 0. The zero-order valence-electron chi connectivity index (χ0n) is 17.3. The molecule has 0 radical (unpaired) electrons. The second kappa shape index (κ2) is 8.80. The Morgan fingerprint density at radius 3 is 2.41 bits per heavy atom. The number of pyridine rings is 1. The molecule has 1 fully saturated rings. The van der Waals surface area contributed by atoms with Gasteiger partial charge in [0, 0.05) is 18.9 Å². The third-order valence-corrected chi connectivity index (χ3v) is 5.24. The topological polar surface area (TPSA) is 69.7 Å². The van der Waals surface area contributed by atoms with Crippen molar-refractivity contribution >= 4 is 19.3 Å². The number of hydrogen-bond donors (Lipinski definition) is 1. The maximum absolute atomic E-state index is 12.2. The molecule has 0 unspecified atom stereocenters. The minimum absolute atomic E-state index is 0.213. The van der Waals surface area contributed by atoms with E-state index in [0.717, 1.165) is 16.6 Å². The van der Waals surface area contributed by atoms with E-state index in [0.29, 0.717) is 0 Å². The summed E-state index contributed by atoms with van der Waals surface area (Å²) in [7, 11) is -0.574. The maximum atomic E-state index is 12.2. The Hall–Kier alpha value is -2.64. The number of hydrogen-bond acceptors (Lipinski definition) is 5. The van der Waals surface area contributed by atoms with Crippen molar-refractivity contribution in [1.29, 1.82) is 0 Å². The van der Waals surface area contributed by atoms with Crippen molar-refractivity contribution < 1.29 is 18.8 Å². The SMILES string of the molecule is CC1(C)OB(C(=Cc2cccnc2)CNC(=O)OCc2ccccc2)OC1(C)C. The van der Waals surface area contributed by atoms with Crippen LogP contribution in [0.25, 0.3) is 6.08 Å². The molecule has 1 aromatic carbocycles. The lowest BCUT2D eigenvalue weighted by molar-refractivity contribution is 0.00578. The van der Waals surface area contributed by atoms with Gasteiger partial charge in [0.25, 0.3) is 0 Å². The fourth-order valence-corrected chi connectivity index (χ4v) is 2.82. The average molecular weight is 394 g/mol.